The molecule has 0 bridgehead atoms. The molecule has 0 unspecified atom stereocenters. The van der Waals surface area contributed by atoms with Crippen LogP contribution in [-0.2, 0) is 14.3 Å². The molecule has 0 heterocycles. The number of para-hydroxylation sites is 1. The van der Waals surface area contributed by atoms with Crippen LogP contribution in [0.5, 0.6) is 0 Å². The highest BCUT2D eigenvalue weighted by Gasteiger charge is 2.06. The summed E-state index contributed by atoms with van der Waals surface area (Å²) in [6.07, 6.45) is 2.94. The molecule has 1 N–H and O–H groups in total. The topological polar surface area (TPSA) is 55.4 Å². The molecule has 1 amide bonds. The van der Waals surface area contributed by atoms with E-state index in [9.17, 15) is 9.59 Å². The fraction of sp³-hybridized carbons (Fsp3) is 0.111. The molecular formula is C18H17NO3. The molecule has 0 radical (unpaired) electrons. The largest absolute Gasteiger partial charge is 0.452 e. The van der Waals surface area contributed by atoms with E-state index in [1.807, 2.05) is 55.5 Å². The van der Waals surface area contributed by atoms with Crippen molar-refractivity contribution in [2.24, 2.45) is 0 Å². The number of hydrogen-bond donors (Lipinski definition) is 1. The predicted octanol–water partition coefficient (Wildman–Crippen LogP) is 3.19. The van der Waals surface area contributed by atoms with Gasteiger partial charge in [0, 0.05) is 11.8 Å². The third-order valence-corrected chi connectivity index (χ3v) is 2.98. The molecule has 2 aromatic rings. The summed E-state index contributed by atoms with van der Waals surface area (Å²) in [5.41, 5.74) is 2.55. The van der Waals surface area contributed by atoms with Crippen molar-refractivity contribution in [3.8, 4) is 0 Å². The maximum Gasteiger partial charge on any atom is 0.331 e. The maximum atomic E-state index is 11.7. The van der Waals surface area contributed by atoms with Crippen molar-refractivity contribution in [2.75, 3.05) is 11.9 Å². The number of esters is 1. The Balaban J connectivity index is 1.80. The van der Waals surface area contributed by atoms with Gasteiger partial charge in [-0.3, -0.25) is 4.79 Å². The molecule has 0 aliphatic heterocycles. The first kappa shape index (κ1) is 15.5. The van der Waals surface area contributed by atoms with Gasteiger partial charge in [-0.2, -0.15) is 0 Å². The van der Waals surface area contributed by atoms with Gasteiger partial charge in [0.25, 0.3) is 5.91 Å². The molecule has 2 rings (SSSR count). The van der Waals surface area contributed by atoms with Gasteiger partial charge in [0.15, 0.2) is 6.61 Å². The van der Waals surface area contributed by atoms with Crippen molar-refractivity contribution in [1.82, 2.24) is 0 Å². The van der Waals surface area contributed by atoms with E-state index in [1.54, 1.807) is 12.1 Å². The van der Waals surface area contributed by atoms with Crippen LogP contribution < -0.4 is 5.32 Å². The van der Waals surface area contributed by atoms with E-state index in [1.165, 1.54) is 6.08 Å². The van der Waals surface area contributed by atoms with Gasteiger partial charge in [0.05, 0.1) is 0 Å². The van der Waals surface area contributed by atoms with E-state index in [-0.39, 0.29) is 12.5 Å². The summed E-state index contributed by atoms with van der Waals surface area (Å²) < 4.78 is 4.90. The van der Waals surface area contributed by atoms with Gasteiger partial charge in [-0.1, -0.05) is 48.5 Å². The molecule has 0 aliphatic carbocycles. The van der Waals surface area contributed by atoms with Crippen LogP contribution in [0.4, 0.5) is 5.69 Å². The van der Waals surface area contributed by atoms with E-state index < -0.39 is 5.97 Å². The van der Waals surface area contributed by atoms with Crippen molar-refractivity contribution in [3.63, 3.8) is 0 Å². The lowest BCUT2D eigenvalue weighted by Gasteiger charge is -2.07. The Bertz CT molecular complexity index is 678. The van der Waals surface area contributed by atoms with Gasteiger partial charge in [0.1, 0.15) is 0 Å². The van der Waals surface area contributed by atoms with E-state index in [2.05, 4.69) is 5.32 Å². The average Bonchev–Trinajstić information content (AvgIpc) is 2.54. The smallest absolute Gasteiger partial charge is 0.331 e. The highest BCUT2D eigenvalue weighted by Crippen LogP contribution is 2.12. The minimum atomic E-state index is -0.552. The Labute approximate surface area is 129 Å². The van der Waals surface area contributed by atoms with Crippen molar-refractivity contribution in [2.45, 2.75) is 6.92 Å². The maximum absolute atomic E-state index is 11.7. The minimum absolute atomic E-state index is 0.313. The SMILES string of the molecule is Cc1ccccc1NC(=O)COC(=O)C=Cc1ccccc1. The number of carbonyl (C=O) groups is 2. The number of anilines is 1. The summed E-state index contributed by atoms with van der Waals surface area (Å²) in [7, 11) is 0. The second kappa shape index (κ2) is 7.78. The lowest BCUT2D eigenvalue weighted by molar-refractivity contribution is -0.142. The second-order valence-electron chi connectivity index (χ2n) is 4.71. The average molecular weight is 295 g/mol. The molecule has 0 saturated heterocycles. The number of carbonyl (C=O) groups excluding carboxylic acids is 2. The van der Waals surface area contributed by atoms with Crippen LogP contribution in [0.15, 0.2) is 60.7 Å². The zero-order chi connectivity index (χ0) is 15.8. The molecule has 2 aromatic carbocycles. The van der Waals surface area contributed by atoms with Gasteiger partial charge in [-0.25, -0.2) is 4.79 Å². The molecule has 0 aromatic heterocycles. The summed E-state index contributed by atoms with van der Waals surface area (Å²) >= 11 is 0. The van der Waals surface area contributed by atoms with Gasteiger partial charge < -0.3 is 10.1 Å². The Morgan fingerprint density at radius 3 is 2.45 bits per heavy atom. The highest BCUT2D eigenvalue weighted by atomic mass is 16.5. The van der Waals surface area contributed by atoms with Crippen LogP contribution in [0, 0.1) is 6.92 Å². The molecule has 22 heavy (non-hydrogen) atoms. The van der Waals surface area contributed by atoms with Crippen molar-refractivity contribution in [3.05, 3.63) is 71.8 Å². The second-order valence-corrected chi connectivity index (χ2v) is 4.71. The Hall–Kier alpha value is -2.88. The minimum Gasteiger partial charge on any atom is -0.452 e. The lowest BCUT2D eigenvalue weighted by atomic mass is 10.2. The van der Waals surface area contributed by atoms with Gasteiger partial charge in [0.2, 0.25) is 0 Å². The molecule has 112 valence electrons. The fourth-order valence-corrected chi connectivity index (χ4v) is 1.81. The summed E-state index contributed by atoms with van der Waals surface area (Å²) in [5.74, 6) is -0.917. The van der Waals surface area contributed by atoms with E-state index >= 15 is 0 Å². The van der Waals surface area contributed by atoms with Crippen molar-refractivity contribution in [1.29, 1.82) is 0 Å². The van der Waals surface area contributed by atoms with Crippen LogP contribution in [0.3, 0.4) is 0 Å². The first-order valence-electron chi connectivity index (χ1n) is 6.90. The molecule has 4 nitrogen and oxygen atoms in total. The number of nitrogens with one attached hydrogen (secondary N) is 1. The molecule has 0 atom stereocenters. The van der Waals surface area contributed by atoms with E-state index in [0.717, 1.165) is 11.1 Å². The highest BCUT2D eigenvalue weighted by molar-refractivity contribution is 5.95. The van der Waals surface area contributed by atoms with Crippen LogP contribution in [-0.4, -0.2) is 18.5 Å². The summed E-state index contributed by atoms with van der Waals surface area (Å²) in [5, 5.41) is 2.70. The number of ether oxygens (including phenoxy) is 1. The third-order valence-electron chi connectivity index (χ3n) is 2.98. The number of rotatable bonds is 5. The van der Waals surface area contributed by atoms with Crippen LogP contribution >= 0.6 is 0 Å². The number of aryl methyl sites for hydroxylation is 1. The summed E-state index contributed by atoms with van der Waals surface area (Å²) in [4.78, 5) is 23.3. The molecule has 0 spiro atoms. The Morgan fingerprint density at radius 2 is 1.73 bits per heavy atom. The van der Waals surface area contributed by atoms with E-state index in [0.29, 0.717) is 5.69 Å². The van der Waals surface area contributed by atoms with E-state index in [4.69, 9.17) is 4.74 Å². The van der Waals surface area contributed by atoms with Gasteiger partial charge in [-0.05, 0) is 30.2 Å². The molecule has 0 saturated carbocycles. The Morgan fingerprint density at radius 1 is 1.05 bits per heavy atom. The summed E-state index contributed by atoms with van der Waals surface area (Å²) in [6.45, 7) is 1.58. The van der Waals surface area contributed by atoms with Crippen molar-refractivity contribution < 1.29 is 14.3 Å². The standard InChI is InChI=1S/C18H17NO3/c1-14-7-5-6-10-16(14)19-17(20)13-22-18(21)12-11-15-8-3-2-4-9-15/h2-12H,13H2,1H3,(H,19,20). The first-order valence-corrected chi connectivity index (χ1v) is 6.90. The van der Waals surface area contributed by atoms with Gasteiger partial charge >= 0.3 is 5.97 Å². The monoisotopic (exact) mass is 295 g/mol. The van der Waals surface area contributed by atoms with Crippen LogP contribution in [0.1, 0.15) is 11.1 Å². The normalized spacial score (nSPS) is 10.4. The third kappa shape index (κ3) is 4.90. The first-order chi connectivity index (χ1) is 10.6. The lowest BCUT2D eigenvalue weighted by Crippen LogP contribution is -2.20. The number of amides is 1. The zero-order valence-electron chi connectivity index (χ0n) is 12.3. The zero-order valence-corrected chi connectivity index (χ0v) is 12.3. The summed E-state index contributed by atoms with van der Waals surface area (Å²) in [6, 6.07) is 16.8. The molecule has 4 heteroatoms. The Kier molecular flexibility index (Phi) is 5.49. The number of benzene rings is 2. The van der Waals surface area contributed by atoms with Crippen molar-refractivity contribution >= 4 is 23.6 Å². The molecular weight excluding hydrogens is 278 g/mol. The quantitative estimate of drug-likeness (QED) is 0.681. The number of hydrogen-bond acceptors (Lipinski definition) is 3. The molecule has 0 fully saturated rings. The fourth-order valence-electron chi connectivity index (χ4n) is 1.81. The van der Waals surface area contributed by atoms with Crippen LogP contribution in [0.25, 0.3) is 6.08 Å². The van der Waals surface area contributed by atoms with Gasteiger partial charge in [-0.15, -0.1) is 0 Å². The van der Waals surface area contributed by atoms with Crippen LogP contribution in [0.2, 0.25) is 0 Å². The predicted molar refractivity (Wildman–Crippen MR) is 86.2 cm³/mol. The molecule has 0 aliphatic rings.